The SMILES string of the molecule is CC/C=C\C/C=C\C/C=C\C/C=C\C/C=C\CCCC(=O)OCC(COP(=O)(O)OCC(O)COP(=O)(O)OCC(COC(=O)CCCCCCCC/C=C\C/C=C\C/C=C\CCCCC)OC(=O)CCCCCCC/C=C\CCCC)OC(=O)CCCCCCCCCCCCC. The van der Waals surface area contributed by atoms with E-state index in [0.29, 0.717) is 32.1 Å². The molecule has 0 amide bonds. The van der Waals surface area contributed by atoms with E-state index in [2.05, 4.69) is 125 Å². The Morgan fingerprint density at radius 1 is 0.296 bits per heavy atom. The summed E-state index contributed by atoms with van der Waals surface area (Å²) < 4.78 is 68.3. The molecule has 0 rings (SSSR count). The van der Waals surface area contributed by atoms with Gasteiger partial charge < -0.3 is 33.8 Å². The maximum atomic E-state index is 13.1. The van der Waals surface area contributed by atoms with Crippen LogP contribution >= 0.6 is 15.6 Å². The average Bonchev–Trinajstić information content (AvgIpc) is 0.983. The summed E-state index contributed by atoms with van der Waals surface area (Å²) in [6.45, 7) is 4.60. The largest absolute Gasteiger partial charge is 0.472 e. The molecule has 0 aromatic rings. The lowest BCUT2D eigenvalue weighted by Gasteiger charge is -2.21. The smallest absolute Gasteiger partial charge is 0.462 e. The van der Waals surface area contributed by atoms with Crippen LogP contribution in [0, 0.1) is 0 Å². The lowest BCUT2D eigenvalue weighted by atomic mass is 10.1. The molecule has 0 aliphatic heterocycles. The van der Waals surface area contributed by atoms with Crippen LogP contribution in [0.5, 0.6) is 0 Å². The van der Waals surface area contributed by atoms with Crippen LogP contribution < -0.4 is 0 Å². The second-order valence-electron chi connectivity index (χ2n) is 25.2. The molecule has 0 radical (unpaired) electrons. The van der Waals surface area contributed by atoms with Crippen molar-refractivity contribution in [2.24, 2.45) is 0 Å². The van der Waals surface area contributed by atoms with Gasteiger partial charge in [-0.1, -0.05) is 272 Å². The Hall–Kier alpha value is -4.28. The monoisotopic (exact) mass is 1420 g/mol. The minimum atomic E-state index is -4.98. The van der Waals surface area contributed by atoms with Crippen molar-refractivity contribution in [3.05, 3.63) is 109 Å². The maximum Gasteiger partial charge on any atom is 0.472 e. The van der Waals surface area contributed by atoms with Crippen LogP contribution in [-0.4, -0.2) is 96.7 Å². The number of phosphoric ester groups is 2. The van der Waals surface area contributed by atoms with Gasteiger partial charge in [0.2, 0.25) is 0 Å². The number of carbonyl (C=O) groups is 4. The van der Waals surface area contributed by atoms with Gasteiger partial charge in [-0.05, 0) is 122 Å². The molecular formula is C79H136O17P2. The molecule has 0 saturated carbocycles. The van der Waals surface area contributed by atoms with E-state index in [1.165, 1.54) is 70.6 Å². The fraction of sp³-hybridized carbons (Fsp3) is 0.722. The first-order chi connectivity index (χ1) is 47.7. The van der Waals surface area contributed by atoms with E-state index >= 15 is 0 Å². The quantitative estimate of drug-likeness (QED) is 0.0169. The molecule has 19 heteroatoms. The summed E-state index contributed by atoms with van der Waals surface area (Å²) in [6.07, 6.45) is 75.2. The average molecular weight is 1420 g/mol. The summed E-state index contributed by atoms with van der Waals surface area (Å²) in [5, 5.41) is 10.6. The number of allylic oxidation sites excluding steroid dienone is 18. The Morgan fingerprint density at radius 3 is 0.918 bits per heavy atom. The number of esters is 4. The molecule has 5 atom stereocenters. The van der Waals surface area contributed by atoms with Crippen LogP contribution in [0.25, 0.3) is 0 Å². The van der Waals surface area contributed by atoms with Gasteiger partial charge in [0.1, 0.15) is 19.3 Å². The van der Waals surface area contributed by atoms with Gasteiger partial charge >= 0.3 is 39.5 Å². The van der Waals surface area contributed by atoms with Crippen molar-refractivity contribution < 1.29 is 80.2 Å². The second kappa shape index (κ2) is 71.1. The van der Waals surface area contributed by atoms with Crippen molar-refractivity contribution >= 4 is 39.5 Å². The van der Waals surface area contributed by atoms with Crippen molar-refractivity contribution in [1.82, 2.24) is 0 Å². The molecule has 17 nitrogen and oxygen atoms in total. The number of hydrogen-bond donors (Lipinski definition) is 3. The van der Waals surface area contributed by atoms with E-state index < -0.39 is 97.5 Å². The minimum Gasteiger partial charge on any atom is -0.462 e. The Kier molecular flexibility index (Phi) is 68.0. The van der Waals surface area contributed by atoms with Gasteiger partial charge in [-0.3, -0.25) is 37.3 Å². The third kappa shape index (κ3) is 70.2. The minimum absolute atomic E-state index is 0.0798. The summed E-state index contributed by atoms with van der Waals surface area (Å²) in [7, 11) is -9.96. The molecule has 0 spiro atoms. The normalized spacial score (nSPS) is 14.6. The van der Waals surface area contributed by atoms with E-state index in [0.717, 1.165) is 154 Å². The summed E-state index contributed by atoms with van der Waals surface area (Å²) in [6, 6.07) is 0. The molecule has 564 valence electrons. The highest BCUT2D eigenvalue weighted by molar-refractivity contribution is 7.47. The first-order valence-electron chi connectivity index (χ1n) is 38.1. The van der Waals surface area contributed by atoms with E-state index in [1.807, 2.05) is 12.2 Å². The Balaban J connectivity index is 5.33. The van der Waals surface area contributed by atoms with Crippen LogP contribution in [-0.2, 0) is 65.4 Å². The van der Waals surface area contributed by atoms with Crippen LogP contribution in [0.2, 0.25) is 0 Å². The number of aliphatic hydroxyl groups excluding tert-OH is 1. The van der Waals surface area contributed by atoms with Crippen LogP contribution in [0.1, 0.15) is 310 Å². The van der Waals surface area contributed by atoms with Crippen molar-refractivity contribution in [1.29, 1.82) is 0 Å². The predicted octanol–water partition coefficient (Wildman–Crippen LogP) is 21.8. The summed E-state index contributed by atoms with van der Waals surface area (Å²) in [5.41, 5.74) is 0. The summed E-state index contributed by atoms with van der Waals surface area (Å²) in [5.74, 6) is -2.26. The maximum absolute atomic E-state index is 13.1. The molecule has 0 heterocycles. The highest BCUT2D eigenvalue weighted by Gasteiger charge is 2.30. The number of aliphatic hydroxyl groups is 1. The second-order valence-corrected chi connectivity index (χ2v) is 28.1. The molecule has 98 heavy (non-hydrogen) atoms. The molecule has 5 unspecified atom stereocenters. The molecule has 3 N–H and O–H groups in total. The van der Waals surface area contributed by atoms with Crippen LogP contribution in [0.3, 0.4) is 0 Å². The van der Waals surface area contributed by atoms with E-state index in [9.17, 15) is 43.2 Å². The van der Waals surface area contributed by atoms with Gasteiger partial charge in [0.25, 0.3) is 0 Å². The van der Waals surface area contributed by atoms with Gasteiger partial charge in [-0.15, -0.1) is 0 Å². The number of hydrogen-bond acceptors (Lipinski definition) is 15. The fourth-order valence-electron chi connectivity index (χ4n) is 9.89. The van der Waals surface area contributed by atoms with Gasteiger partial charge in [0, 0.05) is 25.7 Å². The zero-order chi connectivity index (χ0) is 71.8. The molecular weight excluding hydrogens is 1280 g/mol. The lowest BCUT2D eigenvalue weighted by Crippen LogP contribution is -2.30. The van der Waals surface area contributed by atoms with Crippen molar-refractivity contribution in [2.45, 2.75) is 329 Å². The van der Waals surface area contributed by atoms with E-state index in [1.54, 1.807) is 0 Å². The molecule has 0 bridgehead atoms. The highest BCUT2D eigenvalue weighted by Crippen LogP contribution is 2.45. The first kappa shape index (κ1) is 93.7. The molecule has 0 aromatic heterocycles. The standard InChI is InChI=1S/C79H136O17P2/c1-5-9-13-17-21-25-29-31-33-35-36-38-40-42-46-48-52-56-60-64-77(82)90-70-75(96-79(84)66-62-58-54-50-44-28-24-20-16-12-8-4)72-94-98(87,88)92-68-73(80)67-91-97(85,86)93-71-74(95-78(83)65-61-57-53-49-43-27-23-19-15-11-7-3)69-89-76(81)63-59-55-51-47-45-41-39-37-34-32-30-26-22-18-14-10-6-2/h10,14,20-22,24-26,31-34,36,38-39,41,47,51,73-75,80H,5-9,11-13,15-19,23,27-30,35,37,40,42-46,48-50,52-72H2,1-4H3,(H,85,86)(H,87,88)/b14-10-,24-20-,25-21-,26-22-,33-31-,34-32-,38-36-,41-39-,51-47-. The van der Waals surface area contributed by atoms with Gasteiger partial charge in [-0.2, -0.15) is 0 Å². The summed E-state index contributed by atoms with van der Waals surface area (Å²) in [4.78, 5) is 72.7. The zero-order valence-electron chi connectivity index (χ0n) is 61.4. The Morgan fingerprint density at radius 2 is 0.551 bits per heavy atom. The molecule has 0 saturated heterocycles. The van der Waals surface area contributed by atoms with Crippen LogP contribution in [0.4, 0.5) is 0 Å². The van der Waals surface area contributed by atoms with Gasteiger partial charge in [0.05, 0.1) is 26.4 Å². The third-order valence-electron chi connectivity index (χ3n) is 15.7. The van der Waals surface area contributed by atoms with Crippen molar-refractivity contribution in [3.63, 3.8) is 0 Å². The number of carbonyl (C=O) groups excluding carboxylic acids is 4. The number of unbranched alkanes of at least 4 members (excludes halogenated alkanes) is 27. The molecule has 0 aliphatic carbocycles. The van der Waals surface area contributed by atoms with E-state index in [-0.39, 0.29) is 25.7 Å². The lowest BCUT2D eigenvalue weighted by molar-refractivity contribution is -0.161. The topological polar surface area (TPSA) is 237 Å². The van der Waals surface area contributed by atoms with Crippen molar-refractivity contribution in [2.75, 3.05) is 39.6 Å². The molecule has 0 aromatic carbocycles. The predicted molar refractivity (Wildman–Crippen MR) is 399 cm³/mol. The Labute approximate surface area is 594 Å². The van der Waals surface area contributed by atoms with Crippen molar-refractivity contribution in [3.8, 4) is 0 Å². The molecule has 0 fully saturated rings. The Bertz CT molecular complexity index is 2290. The number of rotatable bonds is 71. The fourth-order valence-corrected chi connectivity index (χ4v) is 11.5. The highest BCUT2D eigenvalue weighted by atomic mass is 31.2. The third-order valence-corrected chi connectivity index (χ3v) is 17.6. The zero-order valence-corrected chi connectivity index (χ0v) is 63.2. The van der Waals surface area contributed by atoms with Gasteiger partial charge in [-0.25, -0.2) is 9.13 Å². The molecule has 0 aliphatic rings. The number of ether oxygens (including phenoxy) is 4. The van der Waals surface area contributed by atoms with Gasteiger partial charge in [0.15, 0.2) is 12.2 Å². The summed E-state index contributed by atoms with van der Waals surface area (Å²) >= 11 is 0. The van der Waals surface area contributed by atoms with Crippen LogP contribution in [0.15, 0.2) is 109 Å². The number of phosphoric acid groups is 2. The van der Waals surface area contributed by atoms with E-state index in [4.69, 9.17) is 37.0 Å². The first-order valence-corrected chi connectivity index (χ1v) is 41.1.